The predicted molar refractivity (Wildman–Crippen MR) is 147 cm³/mol. The Kier molecular flexibility index (Phi) is 9.80. The number of aromatic amines is 1. The third kappa shape index (κ3) is 6.01. The van der Waals surface area contributed by atoms with Gasteiger partial charge in [-0.3, -0.25) is 9.78 Å². The van der Waals surface area contributed by atoms with Crippen molar-refractivity contribution in [2.75, 3.05) is 25.5 Å². The number of terminal acetylenes is 1. The van der Waals surface area contributed by atoms with Gasteiger partial charge in [0, 0.05) is 42.7 Å². The molecule has 36 heavy (non-hydrogen) atoms. The molecule has 0 aliphatic carbocycles. The van der Waals surface area contributed by atoms with Gasteiger partial charge in [0.05, 0.1) is 40.3 Å². The average molecular weight is 508 g/mol. The van der Waals surface area contributed by atoms with Crippen LogP contribution >= 0.6 is 11.6 Å². The smallest absolute Gasteiger partial charge is 0.255 e. The number of benzene rings is 1. The Hall–Kier alpha value is -3.47. The van der Waals surface area contributed by atoms with Crippen LogP contribution in [-0.4, -0.2) is 42.1 Å². The Morgan fingerprint density at radius 2 is 2.06 bits per heavy atom. The number of hydrogen-bond donors (Lipinski definition) is 4. The number of carbonyl (C=O) groups is 1. The lowest BCUT2D eigenvalue weighted by Crippen LogP contribution is -2.31. The van der Waals surface area contributed by atoms with E-state index in [2.05, 4.69) is 38.8 Å². The number of aromatic nitrogens is 2. The van der Waals surface area contributed by atoms with Crippen molar-refractivity contribution < 1.29 is 9.53 Å². The topological polar surface area (TPSA) is 91.1 Å². The number of amides is 1. The fourth-order valence-electron chi connectivity index (χ4n) is 4.24. The summed E-state index contributed by atoms with van der Waals surface area (Å²) in [5, 5.41) is 10.0. The summed E-state index contributed by atoms with van der Waals surface area (Å²) in [7, 11) is 1.55. The summed E-state index contributed by atoms with van der Waals surface area (Å²) in [6, 6.07) is 8.01. The van der Waals surface area contributed by atoms with Crippen LogP contribution in [0.5, 0.6) is 5.75 Å². The van der Waals surface area contributed by atoms with Crippen LogP contribution < -0.4 is 20.7 Å². The summed E-state index contributed by atoms with van der Waals surface area (Å²) < 4.78 is 5.44. The molecule has 1 amide bonds. The second-order valence-corrected chi connectivity index (χ2v) is 8.65. The molecule has 1 unspecified atom stereocenters. The SMILES string of the molecule is C#Cc1cnccc1-c1[nH]c2c(c1Nc1cccc(Cl)c1OC)C(=O)NCC2.CC.CC1CCCN1. The number of para-hydroxylation sites is 1. The molecule has 1 atom stereocenters. The highest BCUT2D eigenvalue weighted by Crippen LogP contribution is 2.41. The number of hydrogen-bond acceptors (Lipinski definition) is 5. The summed E-state index contributed by atoms with van der Waals surface area (Å²) in [4.78, 5) is 20.1. The van der Waals surface area contributed by atoms with E-state index in [4.69, 9.17) is 22.8 Å². The normalized spacial score (nSPS) is 15.8. The number of fused-ring (bicyclic) bond motifs is 1. The monoisotopic (exact) mass is 507 g/mol. The van der Waals surface area contributed by atoms with Gasteiger partial charge in [-0.2, -0.15) is 0 Å². The zero-order chi connectivity index (χ0) is 26.1. The van der Waals surface area contributed by atoms with Gasteiger partial charge < -0.3 is 25.7 Å². The number of ether oxygens (including phenoxy) is 1. The van der Waals surface area contributed by atoms with Crippen LogP contribution in [0.15, 0.2) is 36.7 Å². The van der Waals surface area contributed by atoms with Crippen molar-refractivity contribution in [2.24, 2.45) is 0 Å². The van der Waals surface area contributed by atoms with Gasteiger partial charge in [0.1, 0.15) is 0 Å². The highest BCUT2D eigenvalue weighted by Gasteiger charge is 2.28. The molecule has 2 aliphatic heterocycles. The average Bonchev–Trinajstić information content (AvgIpc) is 3.53. The van der Waals surface area contributed by atoms with Gasteiger partial charge in [-0.05, 0) is 44.5 Å². The third-order valence-corrected chi connectivity index (χ3v) is 6.25. The number of pyridine rings is 1. The molecule has 0 radical (unpaired) electrons. The summed E-state index contributed by atoms with van der Waals surface area (Å²) in [5.74, 6) is 3.00. The molecule has 3 aromatic rings. The van der Waals surface area contributed by atoms with Gasteiger partial charge in [0.25, 0.3) is 5.91 Å². The van der Waals surface area contributed by atoms with Crippen LogP contribution in [0.4, 0.5) is 11.4 Å². The minimum atomic E-state index is -0.149. The van der Waals surface area contributed by atoms with Crippen LogP contribution in [-0.2, 0) is 6.42 Å². The molecule has 1 aromatic carbocycles. The number of anilines is 2. The number of halogens is 1. The molecule has 8 heteroatoms. The molecule has 7 nitrogen and oxygen atoms in total. The molecule has 4 N–H and O–H groups in total. The van der Waals surface area contributed by atoms with E-state index in [0.717, 1.165) is 23.0 Å². The molecule has 2 aromatic heterocycles. The predicted octanol–water partition coefficient (Wildman–Crippen LogP) is 5.53. The van der Waals surface area contributed by atoms with Crippen LogP contribution in [0.1, 0.15) is 55.2 Å². The van der Waals surface area contributed by atoms with Gasteiger partial charge in [-0.25, -0.2) is 0 Å². The first-order chi connectivity index (χ1) is 17.5. The summed E-state index contributed by atoms with van der Waals surface area (Å²) in [6.07, 6.45) is 12.4. The Morgan fingerprint density at radius 1 is 1.25 bits per heavy atom. The van der Waals surface area contributed by atoms with E-state index < -0.39 is 0 Å². The number of rotatable bonds is 4. The van der Waals surface area contributed by atoms with E-state index in [1.54, 1.807) is 25.6 Å². The van der Waals surface area contributed by atoms with Crippen molar-refractivity contribution in [1.82, 2.24) is 20.6 Å². The minimum absolute atomic E-state index is 0.149. The molecule has 4 heterocycles. The Bertz CT molecular complexity index is 1230. The maximum Gasteiger partial charge on any atom is 0.255 e. The highest BCUT2D eigenvalue weighted by atomic mass is 35.5. The molecule has 2 aliphatic rings. The van der Waals surface area contributed by atoms with Gasteiger partial charge in [0.15, 0.2) is 5.75 Å². The molecule has 0 bridgehead atoms. The van der Waals surface area contributed by atoms with E-state index in [9.17, 15) is 4.79 Å². The first-order valence-corrected chi connectivity index (χ1v) is 12.7. The Labute approximate surface area is 218 Å². The second-order valence-electron chi connectivity index (χ2n) is 8.24. The van der Waals surface area contributed by atoms with Crippen molar-refractivity contribution in [2.45, 2.75) is 46.1 Å². The van der Waals surface area contributed by atoms with Crippen molar-refractivity contribution in [3.05, 3.63) is 58.5 Å². The molecule has 1 saturated heterocycles. The van der Waals surface area contributed by atoms with Crippen LogP contribution in [0.3, 0.4) is 0 Å². The lowest BCUT2D eigenvalue weighted by atomic mass is 10.0. The minimum Gasteiger partial charge on any atom is -0.493 e. The molecular weight excluding hydrogens is 474 g/mol. The number of nitrogens with one attached hydrogen (secondary N) is 4. The van der Waals surface area contributed by atoms with Crippen LogP contribution in [0.25, 0.3) is 11.3 Å². The van der Waals surface area contributed by atoms with Gasteiger partial charge in [-0.15, -0.1) is 6.42 Å². The van der Waals surface area contributed by atoms with Gasteiger partial charge in [-0.1, -0.05) is 37.4 Å². The summed E-state index contributed by atoms with van der Waals surface area (Å²) >= 11 is 6.26. The van der Waals surface area contributed by atoms with Crippen LogP contribution in [0.2, 0.25) is 5.02 Å². The van der Waals surface area contributed by atoms with Crippen molar-refractivity contribution in [1.29, 1.82) is 0 Å². The quantitative estimate of drug-likeness (QED) is 0.348. The Morgan fingerprint density at radius 3 is 2.69 bits per heavy atom. The molecule has 1 fully saturated rings. The maximum absolute atomic E-state index is 12.6. The lowest BCUT2D eigenvalue weighted by molar-refractivity contribution is 0.0947. The third-order valence-electron chi connectivity index (χ3n) is 5.95. The first kappa shape index (κ1) is 27.1. The molecular formula is C28H34ClN5O2. The van der Waals surface area contributed by atoms with Crippen molar-refractivity contribution >= 4 is 28.9 Å². The van der Waals surface area contributed by atoms with Crippen LogP contribution in [0, 0.1) is 12.3 Å². The number of H-pyrrole nitrogens is 1. The zero-order valence-electron chi connectivity index (χ0n) is 21.3. The zero-order valence-corrected chi connectivity index (χ0v) is 22.1. The Balaban J connectivity index is 0.000000390. The largest absolute Gasteiger partial charge is 0.493 e. The molecule has 0 spiro atoms. The van der Waals surface area contributed by atoms with E-state index in [-0.39, 0.29) is 5.91 Å². The fourth-order valence-corrected chi connectivity index (χ4v) is 4.49. The number of methoxy groups -OCH3 is 1. The van der Waals surface area contributed by atoms with E-state index in [0.29, 0.717) is 46.2 Å². The van der Waals surface area contributed by atoms with Gasteiger partial charge >= 0.3 is 0 Å². The molecule has 5 rings (SSSR count). The number of nitrogens with zero attached hydrogens (tertiary/aromatic N) is 1. The van der Waals surface area contributed by atoms with E-state index in [1.807, 2.05) is 32.0 Å². The number of carbonyl (C=O) groups excluding carboxylic acids is 1. The maximum atomic E-state index is 12.6. The lowest BCUT2D eigenvalue weighted by Gasteiger charge is -2.17. The second kappa shape index (κ2) is 13.0. The van der Waals surface area contributed by atoms with Gasteiger partial charge in [0.2, 0.25) is 0 Å². The molecule has 0 saturated carbocycles. The standard InChI is InChI=1S/C21H17ClN4O2.C5H11N.C2H6/c1-3-12-11-23-9-7-13(12)18-19(17-15(25-18)8-10-24-21(17)27)26-16-6-4-5-14(22)20(16)28-2;1-5-3-2-4-6-5;1-2/h1,4-7,9,11,25-26H,8,10H2,2H3,(H,24,27);5-6H,2-4H2,1H3;1-2H3. The highest BCUT2D eigenvalue weighted by molar-refractivity contribution is 6.32. The van der Waals surface area contributed by atoms with Crippen molar-refractivity contribution in [3.63, 3.8) is 0 Å². The first-order valence-electron chi connectivity index (χ1n) is 12.3. The van der Waals surface area contributed by atoms with E-state index in [1.165, 1.54) is 19.4 Å². The summed E-state index contributed by atoms with van der Waals surface area (Å²) in [5.41, 5.74) is 4.80. The van der Waals surface area contributed by atoms with E-state index >= 15 is 0 Å². The fraction of sp³-hybridized carbons (Fsp3) is 0.357. The van der Waals surface area contributed by atoms with Crippen molar-refractivity contribution in [3.8, 4) is 29.4 Å². The summed E-state index contributed by atoms with van der Waals surface area (Å²) in [6.45, 7) is 8.04. The molecule has 190 valence electrons.